The van der Waals surface area contributed by atoms with Crippen LogP contribution < -0.4 is 10.1 Å². The van der Waals surface area contributed by atoms with Gasteiger partial charge < -0.3 is 10.1 Å². The predicted octanol–water partition coefficient (Wildman–Crippen LogP) is 2.53. The molecule has 0 radical (unpaired) electrons. The standard InChI is InChI=1S/C14H14N4O/c1-10(12-9-16-6-7-17-12)18-14-11(8-15)4-3-5-13(14)19-2/h3-7,9-10,18H,1-2H3. The van der Waals surface area contributed by atoms with Gasteiger partial charge in [-0.2, -0.15) is 5.26 Å². The summed E-state index contributed by atoms with van der Waals surface area (Å²) in [4.78, 5) is 8.27. The number of nitrogens with zero attached hydrogens (tertiary/aromatic N) is 3. The van der Waals surface area contributed by atoms with E-state index in [1.807, 2.05) is 13.0 Å². The Hall–Kier alpha value is -2.61. The summed E-state index contributed by atoms with van der Waals surface area (Å²) >= 11 is 0. The second-order valence-corrected chi connectivity index (χ2v) is 3.99. The fourth-order valence-electron chi connectivity index (χ4n) is 1.77. The van der Waals surface area contributed by atoms with Crippen molar-refractivity contribution in [2.24, 2.45) is 0 Å². The van der Waals surface area contributed by atoms with Crippen LogP contribution in [0.1, 0.15) is 24.2 Å². The monoisotopic (exact) mass is 254 g/mol. The first-order chi connectivity index (χ1) is 9.26. The van der Waals surface area contributed by atoms with E-state index in [4.69, 9.17) is 10.00 Å². The van der Waals surface area contributed by atoms with E-state index in [2.05, 4.69) is 21.4 Å². The Labute approximate surface area is 111 Å². The third-order valence-corrected chi connectivity index (χ3v) is 2.75. The molecule has 1 aromatic heterocycles. The molecule has 0 fully saturated rings. The van der Waals surface area contributed by atoms with E-state index in [1.165, 1.54) is 0 Å². The molecule has 0 bridgehead atoms. The van der Waals surface area contributed by atoms with Gasteiger partial charge in [0, 0.05) is 12.4 Å². The predicted molar refractivity (Wildman–Crippen MR) is 71.8 cm³/mol. The molecule has 1 heterocycles. The van der Waals surface area contributed by atoms with E-state index in [0.717, 1.165) is 5.69 Å². The third kappa shape index (κ3) is 2.80. The quantitative estimate of drug-likeness (QED) is 0.907. The molecule has 2 rings (SSSR count). The van der Waals surface area contributed by atoms with Crippen molar-refractivity contribution < 1.29 is 4.74 Å². The number of methoxy groups -OCH3 is 1. The van der Waals surface area contributed by atoms with Gasteiger partial charge in [0.2, 0.25) is 0 Å². The molecule has 1 N–H and O–H groups in total. The molecule has 0 aliphatic carbocycles. The average Bonchev–Trinajstić information content (AvgIpc) is 2.48. The molecule has 0 saturated carbocycles. The molecule has 96 valence electrons. The second-order valence-electron chi connectivity index (χ2n) is 3.99. The summed E-state index contributed by atoms with van der Waals surface area (Å²) in [5.74, 6) is 0.634. The maximum Gasteiger partial charge on any atom is 0.143 e. The third-order valence-electron chi connectivity index (χ3n) is 2.75. The molecule has 19 heavy (non-hydrogen) atoms. The molecular weight excluding hydrogens is 240 g/mol. The highest BCUT2D eigenvalue weighted by Gasteiger charge is 2.13. The first kappa shape index (κ1) is 12.8. The first-order valence-corrected chi connectivity index (χ1v) is 5.85. The highest BCUT2D eigenvalue weighted by molar-refractivity contribution is 5.66. The van der Waals surface area contributed by atoms with E-state index >= 15 is 0 Å². The molecule has 1 aromatic carbocycles. The van der Waals surface area contributed by atoms with Gasteiger partial charge in [-0.25, -0.2) is 0 Å². The molecule has 0 aliphatic heterocycles. The van der Waals surface area contributed by atoms with Crippen molar-refractivity contribution in [3.8, 4) is 11.8 Å². The van der Waals surface area contributed by atoms with Crippen LogP contribution in [-0.4, -0.2) is 17.1 Å². The van der Waals surface area contributed by atoms with Gasteiger partial charge in [0.15, 0.2) is 0 Å². The molecule has 0 saturated heterocycles. The van der Waals surface area contributed by atoms with Gasteiger partial charge >= 0.3 is 0 Å². The van der Waals surface area contributed by atoms with Crippen molar-refractivity contribution in [3.05, 3.63) is 48.0 Å². The Kier molecular flexibility index (Phi) is 3.94. The summed E-state index contributed by atoms with van der Waals surface area (Å²) in [7, 11) is 1.58. The lowest BCUT2D eigenvalue weighted by molar-refractivity contribution is 0.416. The number of rotatable bonds is 4. The molecule has 5 nitrogen and oxygen atoms in total. The van der Waals surface area contributed by atoms with Crippen LogP contribution in [0.3, 0.4) is 0 Å². The zero-order valence-electron chi connectivity index (χ0n) is 10.8. The fourth-order valence-corrected chi connectivity index (χ4v) is 1.77. The van der Waals surface area contributed by atoms with E-state index in [-0.39, 0.29) is 6.04 Å². The van der Waals surface area contributed by atoms with Crippen LogP contribution in [-0.2, 0) is 0 Å². The van der Waals surface area contributed by atoms with Gasteiger partial charge in [0.05, 0.1) is 36.3 Å². The molecule has 5 heteroatoms. The van der Waals surface area contributed by atoms with Crippen LogP contribution in [0.2, 0.25) is 0 Å². The minimum absolute atomic E-state index is 0.0721. The van der Waals surface area contributed by atoms with Crippen molar-refractivity contribution in [3.63, 3.8) is 0 Å². The van der Waals surface area contributed by atoms with E-state index in [1.54, 1.807) is 37.8 Å². The summed E-state index contributed by atoms with van der Waals surface area (Å²) < 4.78 is 5.27. The zero-order chi connectivity index (χ0) is 13.7. The maximum atomic E-state index is 9.15. The van der Waals surface area contributed by atoms with Crippen LogP contribution >= 0.6 is 0 Å². The van der Waals surface area contributed by atoms with Gasteiger partial charge in [-0.3, -0.25) is 9.97 Å². The maximum absolute atomic E-state index is 9.15. The smallest absolute Gasteiger partial charge is 0.143 e. The van der Waals surface area contributed by atoms with Crippen molar-refractivity contribution >= 4 is 5.69 Å². The van der Waals surface area contributed by atoms with Gasteiger partial charge in [-0.05, 0) is 19.1 Å². The average molecular weight is 254 g/mol. The number of hydrogen-bond donors (Lipinski definition) is 1. The van der Waals surface area contributed by atoms with Gasteiger partial charge in [-0.15, -0.1) is 0 Å². The normalized spacial score (nSPS) is 11.4. The summed E-state index contributed by atoms with van der Waals surface area (Å²) in [6.07, 6.45) is 4.96. The number of benzene rings is 1. The first-order valence-electron chi connectivity index (χ1n) is 5.85. The Bertz CT molecular complexity index is 592. The summed E-state index contributed by atoms with van der Waals surface area (Å²) in [5, 5.41) is 12.4. The molecule has 1 atom stereocenters. The number of ether oxygens (including phenoxy) is 1. The molecule has 2 aromatic rings. The molecule has 0 spiro atoms. The zero-order valence-corrected chi connectivity index (χ0v) is 10.8. The highest BCUT2D eigenvalue weighted by Crippen LogP contribution is 2.30. The Morgan fingerprint density at radius 2 is 2.21 bits per heavy atom. The number of hydrogen-bond acceptors (Lipinski definition) is 5. The van der Waals surface area contributed by atoms with Crippen molar-refractivity contribution in [1.82, 2.24) is 9.97 Å². The number of para-hydroxylation sites is 1. The number of nitrogens with one attached hydrogen (secondary N) is 1. The molecular formula is C14H14N4O. The van der Waals surface area contributed by atoms with E-state index < -0.39 is 0 Å². The van der Waals surface area contributed by atoms with Crippen LogP contribution in [0.25, 0.3) is 0 Å². The van der Waals surface area contributed by atoms with Gasteiger partial charge in [0.1, 0.15) is 11.8 Å². The van der Waals surface area contributed by atoms with Crippen LogP contribution in [0, 0.1) is 11.3 Å². The topological polar surface area (TPSA) is 70.8 Å². The number of anilines is 1. The lowest BCUT2D eigenvalue weighted by atomic mass is 10.1. The largest absolute Gasteiger partial charge is 0.495 e. The number of nitriles is 1. The summed E-state index contributed by atoms with van der Waals surface area (Å²) in [5.41, 5.74) is 2.01. The van der Waals surface area contributed by atoms with Gasteiger partial charge in [0.25, 0.3) is 0 Å². The summed E-state index contributed by atoms with van der Waals surface area (Å²) in [6.45, 7) is 1.96. The van der Waals surface area contributed by atoms with Crippen LogP contribution in [0.15, 0.2) is 36.8 Å². The van der Waals surface area contributed by atoms with Crippen LogP contribution in [0.4, 0.5) is 5.69 Å². The van der Waals surface area contributed by atoms with E-state index in [9.17, 15) is 0 Å². The minimum atomic E-state index is -0.0721. The van der Waals surface area contributed by atoms with Crippen molar-refractivity contribution in [2.45, 2.75) is 13.0 Å². The lowest BCUT2D eigenvalue weighted by Crippen LogP contribution is -2.10. The highest BCUT2D eigenvalue weighted by atomic mass is 16.5. The van der Waals surface area contributed by atoms with Crippen molar-refractivity contribution in [1.29, 1.82) is 5.26 Å². The van der Waals surface area contributed by atoms with Gasteiger partial charge in [-0.1, -0.05) is 6.07 Å². The summed E-state index contributed by atoms with van der Waals surface area (Å²) in [6, 6.07) is 7.42. The Morgan fingerprint density at radius 3 is 2.84 bits per heavy atom. The van der Waals surface area contributed by atoms with E-state index in [0.29, 0.717) is 17.0 Å². The molecule has 0 aliphatic rings. The Morgan fingerprint density at radius 1 is 1.37 bits per heavy atom. The SMILES string of the molecule is COc1cccc(C#N)c1NC(C)c1cnccn1. The molecule has 0 amide bonds. The van der Waals surface area contributed by atoms with Crippen LogP contribution in [0.5, 0.6) is 5.75 Å². The Balaban J connectivity index is 2.31. The fraction of sp³-hybridized carbons (Fsp3) is 0.214. The lowest BCUT2D eigenvalue weighted by Gasteiger charge is -2.17. The number of aromatic nitrogens is 2. The second kappa shape index (κ2) is 5.83. The minimum Gasteiger partial charge on any atom is -0.495 e. The van der Waals surface area contributed by atoms with Crippen molar-refractivity contribution in [2.75, 3.05) is 12.4 Å². The molecule has 1 unspecified atom stereocenters.